The molecule has 17 heavy (non-hydrogen) atoms. The van der Waals surface area contributed by atoms with Gasteiger partial charge >= 0.3 is 6.18 Å². The fourth-order valence-electron chi connectivity index (χ4n) is 1.61. The molecule has 2 rings (SSSR count). The normalized spacial score (nSPS) is 12.3. The van der Waals surface area contributed by atoms with E-state index in [0.29, 0.717) is 0 Å². The Balaban J connectivity index is 2.58. The number of imidazole rings is 1. The van der Waals surface area contributed by atoms with Crippen molar-refractivity contribution >= 4 is 22.6 Å². The molecular weight excluding hydrogens is 260 g/mol. The zero-order chi connectivity index (χ0) is 12.6. The number of hydrogen-bond donors (Lipinski definition) is 0. The van der Waals surface area contributed by atoms with E-state index in [4.69, 9.17) is 11.6 Å². The molecule has 0 aliphatic heterocycles. The van der Waals surface area contributed by atoms with Gasteiger partial charge in [-0.05, 0) is 12.1 Å². The molecule has 0 spiro atoms. The van der Waals surface area contributed by atoms with Crippen molar-refractivity contribution in [3.63, 3.8) is 0 Å². The lowest BCUT2D eigenvalue weighted by Crippen LogP contribution is -2.19. The van der Waals surface area contributed by atoms with Crippen LogP contribution in [0, 0.1) is 5.82 Å². The third-order valence-electron chi connectivity index (χ3n) is 2.25. The Morgan fingerprint density at radius 2 is 2.00 bits per heavy atom. The Kier molecular flexibility index (Phi) is 2.99. The lowest BCUT2D eigenvalue weighted by atomic mass is 10.3. The Bertz CT molecular complexity index is 547. The van der Waals surface area contributed by atoms with Gasteiger partial charge in [0, 0.05) is 6.07 Å². The second-order valence-electron chi connectivity index (χ2n) is 3.50. The number of benzene rings is 1. The Morgan fingerprint density at radius 3 is 2.59 bits per heavy atom. The highest BCUT2D eigenvalue weighted by molar-refractivity contribution is 6.16. The highest BCUT2D eigenvalue weighted by Gasteiger charge is 2.30. The van der Waals surface area contributed by atoms with Gasteiger partial charge in [-0.1, -0.05) is 0 Å². The van der Waals surface area contributed by atoms with Gasteiger partial charge in [-0.25, -0.2) is 9.37 Å². The van der Waals surface area contributed by atoms with Crippen LogP contribution in [0.3, 0.4) is 0 Å². The van der Waals surface area contributed by atoms with Gasteiger partial charge in [0.1, 0.15) is 18.2 Å². The monoisotopic (exact) mass is 266 g/mol. The first kappa shape index (κ1) is 12.2. The molecule has 0 amide bonds. The minimum atomic E-state index is -4.37. The van der Waals surface area contributed by atoms with Crippen LogP contribution < -0.4 is 0 Å². The molecule has 0 unspecified atom stereocenters. The number of alkyl halides is 4. The zero-order valence-electron chi connectivity index (χ0n) is 8.43. The Morgan fingerprint density at radius 1 is 1.29 bits per heavy atom. The van der Waals surface area contributed by atoms with Crippen molar-refractivity contribution < 1.29 is 17.6 Å². The minimum Gasteiger partial charge on any atom is -0.318 e. The maximum Gasteiger partial charge on any atom is 0.406 e. The van der Waals surface area contributed by atoms with Crippen LogP contribution in [-0.2, 0) is 12.4 Å². The number of aromatic nitrogens is 2. The molecule has 0 N–H and O–H groups in total. The molecule has 0 atom stereocenters. The van der Waals surface area contributed by atoms with E-state index in [1.807, 2.05) is 0 Å². The summed E-state index contributed by atoms with van der Waals surface area (Å²) in [6.45, 7) is -1.18. The predicted molar refractivity (Wildman–Crippen MR) is 55.3 cm³/mol. The smallest absolute Gasteiger partial charge is 0.318 e. The number of fused-ring (bicyclic) bond motifs is 1. The topological polar surface area (TPSA) is 17.8 Å². The molecule has 0 fully saturated rings. The van der Waals surface area contributed by atoms with E-state index >= 15 is 0 Å². The van der Waals surface area contributed by atoms with E-state index in [0.717, 1.165) is 16.7 Å². The molecule has 0 aliphatic rings. The molecule has 7 heteroatoms. The van der Waals surface area contributed by atoms with Crippen molar-refractivity contribution in [2.45, 2.75) is 18.6 Å². The lowest BCUT2D eigenvalue weighted by molar-refractivity contribution is -0.140. The van der Waals surface area contributed by atoms with Gasteiger partial charge in [0.15, 0.2) is 0 Å². The molecule has 0 aliphatic carbocycles. The predicted octanol–water partition coefficient (Wildman–Crippen LogP) is 3.48. The van der Waals surface area contributed by atoms with Crippen molar-refractivity contribution in [2.24, 2.45) is 0 Å². The summed E-state index contributed by atoms with van der Waals surface area (Å²) in [5, 5.41) is 0. The molecular formula is C10H7ClF4N2. The van der Waals surface area contributed by atoms with E-state index in [9.17, 15) is 17.6 Å². The van der Waals surface area contributed by atoms with E-state index in [1.165, 1.54) is 6.07 Å². The van der Waals surface area contributed by atoms with Crippen LogP contribution >= 0.6 is 11.6 Å². The molecule has 1 aromatic carbocycles. The molecule has 2 aromatic rings. The SMILES string of the molecule is Fc1ccc2c(c1)nc(CCl)n2CC(F)(F)F. The summed E-state index contributed by atoms with van der Waals surface area (Å²) < 4.78 is 51.0. The number of rotatable bonds is 2. The van der Waals surface area contributed by atoms with Crippen molar-refractivity contribution in [1.29, 1.82) is 0 Å². The van der Waals surface area contributed by atoms with E-state index in [-0.39, 0.29) is 22.7 Å². The summed E-state index contributed by atoms with van der Waals surface area (Å²) in [5.41, 5.74) is 0.393. The van der Waals surface area contributed by atoms with Crippen molar-refractivity contribution in [3.05, 3.63) is 29.8 Å². The Hall–Kier alpha value is -1.30. The summed E-state index contributed by atoms with van der Waals surface area (Å²) in [6.07, 6.45) is -4.37. The van der Waals surface area contributed by atoms with Gasteiger partial charge in [-0.15, -0.1) is 11.6 Å². The van der Waals surface area contributed by atoms with Gasteiger partial charge in [0.2, 0.25) is 0 Å². The second-order valence-corrected chi connectivity index (χ2v) is 3.76. The average molecular weight is 267 g/mol. The molecule has 0 radical (unpaired) electrons. The highest BCUT2D eigenvalue weighted by atomic mass is 35.5. The van der Waals surface area contributed by atoms with Crippen LogP contribution in [0.2, 0.25) is 0 Å². The quantitative estimate of drug-likeness (QED) is 0.601. The van der Waals surface area contributed by atoms with Crippen molar-refractivity contribution in [3.8, 4) is 0 Å². The molecule has 0 bridgehead atoms. The summed E-state index contributed by atoms with van der Waals surface area (Å²) >= 11 is 5.53. The van der Waals surface area contributed by atoms with Crippen LogP contribution in [-0.4, -0.2) is 15.7 Å². The van der Waals surface area contributed by atoms with E-state index in [2.05, 4.69) is 4.98 Å². The molecule has 0 saturated heterocycles. The van der Waals surface area contributed by atoms with E-state index in [1.54, 1.807) is 0 Å². The van der Waals surface area contributed by atoms with Crippen molar-refractivity contribution in [1.82, 2.24) is 9.55 Å². The summed E-state index contributed by atoms with van der Waals surface area (Å²) in [7, 11) is 0. The lowest BCUT2D eigenvalue weighted by Gasteiger charge is -2.10. The molecule has 1 heterocycles. The number of nitrogens with zero attached hydrogens (tertiary/aromatic N) is 2. The van der Waals surface area contributed by atoms with Crippen molar-refractivity contribution in [2.75, 3.05) is 0 Å². The maximum absolute atomic E-state index is 12.9. The molecule has 1 aromatic heterocycles. The first-order valence-electron chi connectivity index (χ1n) is 4.68. The number of hydrogen-bond acceptors (Lipinski definition) is 1. The summed E-state index contributed by atoms with van der Waals surface area (Å²) in [6, 6.07) is 3.44. The third kappa shape index (κ3) is 2.52. The van der Waals surface area contributed by atoms with E-state index < -0.39 is 18.5 Å². The van der Waals surface area contributed by atoms with Gasteiger partial charge in [0.05, 0.1) is 16.9 Å². The van der Waals surface area contributed by atoms with Gasteiger partial charge in [0.25, 0.3) is 0 Å². The molecule has 92 valence electrons. The van der Waals surface area contributed by atoms with Crippen LogP contribution in [0.5, 0.6) is 0 Å². The summed E-state index contributed by atoms with van der Waals surface area (Å²) in [4.78, 5) is 3.87. The first-order valence-corrected chi connectivity index (χ1v) is 5.21. The number of halogens is 5. The molecule has 0 saturated carbocycles. The van der Waals surface area contributed by atoms with Gasteiger partial charge in [-0.3, -0.25) is 0 Å². The fraction of sp³-hybridized carbons (Fsp3) is 0.300. The Labute approximate surface area is 98.8 Å². The van der Waals surface area contributed by atoms with Gasteiger partial charge < -0.3 is 4.57 Å². The van der Waals surface area contributed by atoms with Crippen LogP contribution in [0.25, 0.3) is 11.0 Å². The highest BCUT2D eigenvalue weighted by Crippen LogP contribution is 2.24. The average Bonchev–Trinajstić information content (AvgIpc) is 2.53. The fourth-order valence-corrected chi connectivity index (χ4v) is 1.81. The molecule has 2 nitrogen and oxygen atoms in total. The third-order valence-corrected chi connectivity index (χ3v) is 2.49. The standard InChI is InChI=1S/C10H7ClF4N2/c11-4-9-16-7-3-6(12)1-2-8(7)17(9)5-10(13,14)15/h1-3H,4-5H2. The second kappa shape index (κ2) is 4.18. The van der Waals surface area contributed by atoms with Gasteiger partial charge in [-0.2, -0.15) is 13.2 Å². The first-order chi connectivity index (χ1) is 7.90. The summed E-state index contributed by atoms with van der Waals surface area (Å²) in [5.74, 6) is -0.633. The van der Waals surface area contributed by atoms with Crippen LogP contribution in [0.15, 0.2) is 18.2 Å². The maximum atomic E-state index is 12.9. The van der Waals surface area contributed by atoms with Crippen LogP contribution in [0.4, 0.5) is 17.6 Å². The minimum absolute atomic E-state index is 0.0737. The largest absolute Gasteiger partial charge is 0.406 e. The van der Waals surface area contributed by atoms with Crippen LogP contribution in [0.1, 0.15) is 5.82 Å². The zero-order valence-corrected chi connectivity index (χ0v) is 9.19.